The van der Waals surface area contributed by atoms with Crippen molar-refractivity contribution in [3.05, 3.63) is 64.6 Å². The standard InChI is InChI=1S/C22H20FN3O3S/c1-3-12(2)13-4-6-14(7-5-13)15-8-9-16-22(21(15)23)30-19(24-16)10-17-25-26-18(29-17)11-20(27)28/h4-9,12H,3,10-11H2,1-2H3,(H,27,28). The quantitative estimate of drug-likeness (QED) is 0.437. The lowest BCUT2D eigenvalue weighted by Crippen LogP contribution is -1.99. The van der Waals surface area contributed by atoms with Crippen molar-refractivity contribution in [2.45, 2.75) is 39.0 Å². The number of aromatic nitrogens is 3. The molecule has 2 aromatic heterocycles. The van der Waals surface area contributed by atoms with Gasteiger partial charge < -0.3 is 9.52 Å². The number of fused-ring (bicyclic) bond motifs is 1. The molecule has 0 spiro atoms. The molecule has 0 saturated heterocycles. The van der Waals surface area contributed by atoms with E-state index in [4.69, 9.17) is 9.52 Å². The molecule has 0 radical (unpaired) electrons. The third-order valence-electron chi connectivity index (χ3n) is 5.06. The summed E-state index contributed by atoms with van der Waals surface area (Å²) in [7, 11) is 0. The van der Waals surface area contributed by atoms with Crippen LogP contribution >= 0.6 is 11.3 Å². The number of carboxylic acid groups (broad SMARTS) is 1. The smallest absolute Gasteiger partial charge is 0.312 e. The molecule has 6 nitrogen and oxygen atoms in total. The number of nitrogens with zero attached hydrogens (tertiary/aromatic N) is 3. The molecule has 154 valence electrons. The molecule has 30 heavy (non-hydrogen) atoms. The SMILES string of the molecule is CCC(C)c1ccc(-c2ccc3nc(Cc4nnc(CC(=O)O)o4)sc3c2F)cc1. The zero-order valence-electron chi connectivity index (χ0n) is 16.6. The average molecular weight is 425 g/mol. The van der Waals surface area contributed by atoms with E-state index in [1.54, 1.807) is 12.1 Å². The molecule has 1 N–H and O–H groups in total. The molecule has 0 amide bonds. The van der Waals surface area contributed by atoms with Crippen LogP contribution in [0.5, 0.6) is 0 Å². The first kappa shape index (κ1) is 20.2. The van der Waals surface area contributed by atoms with E-state index in [0.29, 0.717) is 26.7 Å². The summed E-state index contributed by atoms with van der Waals surface area (Å²) in [5.74, 6) is -0.586. The van der Waals surface area contributed by atoms with Crippen molar-refractivity contribution < 1.29 is 18.7 Å². The number of aliphatic carboxylic acids is 1. The number of hydrogen-bond donors (Lipinski definition) is 1. The normalized spacial score (nSPS) is 12.4. The number of carboxylic acids is 1. The Bertz CT molecular complexity index is 1200. The van der Waals surface area contributed by atoms with Crippen molar-refractivity contribution in [2.24, 2.45) is 0 Å². The summed E-state index contributed by atoms with van der Waals surface area (Å²) in [6, 6.07) is 11.6. The summed E-state index contributed by atoms with van der Waals surface area (Å²) < 4.78 is 21.0. The first-order valence-electron chi connectivity index (χ1n) is 9.66. The largest absolute Gasteiger partial charge is 0.481 e. The zero-order valence-corrected chi connectivity index (χ0v) is 17.4. The predicted molar refractivity (Wildman–Crippen MR) is 112 cm³/mol. The minimum absolute atomic E-state index is 0.0351. The Kier molecular flexibility index (Phi) is 5.59. The van der Waals surface area contributed by atoms with Gasteiger partial charge in [0.05, 0.1) is 16.6 Å². The minimum atomic E-state index is -1.04. The van der Waals surface area contributed by atoms with Gasteiger partial charge in [-0.25, -0.2) is 9.37 Å². The first-order valence-corrected chi connectivity index (χ1v) is 10.5. The third-order valence-corrected chi connectivity index (χ3v) is 6.12. The van der Waals surface area contributed by atoms with Gasteiger partial charge in [0.1, 0.15) is 17.2 Å². The molecule has 1 atom stereocenters. The molecule has 4 rings (SSSR count). The third kappa shape index (κ3) is 4.09. The molecule has 0 fully saturated rings. The molecule has 0 saturated carbocycles. The van der Waals surface area contributed by atoms with E-state index in [1.807, 2.05) is 12.1 Å². The molecule has 0 bridgehead atoms. The van der Waals surface area contributed by atoms with Crippen LogP contribution in [0.15, 0.2) is 40.8 Å². The Labute approximate surface area is 176 Å². The van der Waals surface area contributed by atoms with Gasteiger partial charge in [0.25, 0.3) is 0 Å². The Morgan fingerprint density at radius 3 is 2.60 bits per heavy atom. The number of carbonyl (C=O) groups is 1. The first-order chi connectivity index (χ1) is 14.4. The van der Waals surface area contributed by atoms with Gasteiger partial charge in [-0.1, -0.05) is 38.1 Å². The van der Waals surface area contributed by atoms with Gasteiger partial charge in [-0.15, -0.1) is 21.5 Å². The van der Waals surface area contributed by atoms with Crippen LogP contribution < -0.4 is 0 Å². The maximum atomic E-state index is 15.2. The van der Waals surface area contributed by atoms with Gasteiger partial charge in [0.15, 0.2) is 0 Å². The average Bonchev–Trinajstić information content (AvgIpc) is 3.34. The fourth-order valence-electron chi connectivity index (χ4n) is 3.22. The topological polar surface area (TPSA) is 89.1 Å². The van der Waals surface area contributed by atoms with Crippen LogP contribution in [0.3, 0.4) is 0 Å². The second-order valence-electron chi connectivity index (χ2n) is 7.15. The Hall–Kier alpha value is -3.13. The summed E-state index contributed by atoms with van der Waals surface area (Å²) in [6.45, 7) is 4.32. The van der Waals surface area contributed by atoms with Gasteiger partial charge in [0.2, 0.25) is 11.8 Å². The summed E-state index contributed by atoms with van der Waals surface area (Å²) in [4.78, 5) is 15.2. The fraction of sp³-hybridized carbons (Fsp3) is 0.273. The highest BCUT2D eigenvalue weighted by Gasteiger charge is 2.17. The molecule has 2 aromatic carbocycles. The number of hydrogen-bond acceptors (Lipinski definition) is 6. The van der Waals surface area contributed by atoms with Crippen LogP contribution in [0, 0.1) is 5.82 Å². The van der Waals surface area contributed by atoms with Gasteiger partial charge in [-0.2, -0.15) is 0 Å². The van der Waals surface area contributed by atoms with Crippen LogP contribution in [0.4, 0.5) is 4.39 Å². The van der Waals surface area contributed by atoms with Crippen molar-refractivity contribution in [3.8, 4) is 11.1 Å². The van der Waals surface area contributed by atoms with Crippen LogP contribution in [-0.4, -0.2) is 26.3 Å². The van der Waals surface area contributed by atoms with E-state index < -0.39 is 5.97 Å². The molecule has 2 heterocycles. The van der Waals surface area contributed by atoms with Crippen molar-refractivity contribution in [1.82, 2.24) is 15.2 Å². The van der Waals surface area contributed by atoms with E-state index >= 15 is 4.39 Å². The maximum absolute atomic E-state index is 15.2. The maximum Gasteiger partial charge on any atom is 0.312 e. The van der Waals surface area contributed by atoms with Crippen LogP contribution in [0.2, 0.25) is 0 Å². The van der Waals surface area contributed by atoms with E-state index in [9.17, 15) is 4.79 Å². The number of thiazole rings is 1. The van der Waals surface area contributed by atoms with E-state index in [-0.39, 0.29) is 30.4 Å². The molecule has 1 unspecified atom stereocenters. The molecule has 0 aliphatic heterocycles. The van der Waals surface area contributed by atoms with Gasteiger partial charge >= 0.3 is 5.97 Å². The second-order valence-corrected chi connectivity index (χ2v) is 8.23. The highest BCUT2D eigenvalue weighted by atomic mass is 32.1. The predicted octanol–water partition coefficient (Wildman–Crippen LogP) is 5.22. The lowest BCUT2D eigenvalue weighted by Gasteiger charge is -2.10. The Morgan fingerprint density at radius 1 is 1.17 bits per heavy atom. The molecular weight excluding hydrogens is 405 g/mol. The van der Waals surface area contributed by atoms with Crippen LogP contribution in [-0.2, 0) is 17.6 Å². The van der Waals surface area contributed by atoms with E-state index in [2.05, 4.69) is 41.2 Å². The van der Waals surface area contributed by atoms with Crippen molar-refractivity contribution in [3.63, 3.8) is 0 Å². The lowest BCUT2D eigenvalue weighted by molar-refractivity contribution is -0.136. The molecule has 0 aliphatic rings. The highest BCUT2D eigenvalue weighted by molar-refractivity contribution is 7.18. The van der Waals surface area contributed by atoms with Gasteiger partial charge in [-0.3, -0.25) is 4.79 Å². The number of benzene rings is 2. The second kappa shape index (κ2) is 8.31. The number of rotatable bonds is 7. The summed E-state index contributed by atoms with van der Waals surface area (Å²) >= 11 is 1.23. The zero-order chi connectivity index (χ0) is 21.3. The molecule has 0 aliphatic carbocycles. The highest BCUT2D eigenvalue weighted by Crippen LogP contribution is 2.33. The molecule has 4 aromatic rings. The van der Waals surface area contributed by atoms with E-state index in [0.717, 1.165) is 12.0 Å². The Balaban J connectivity index is 1.60. The Morgan fingerprint density at radius 2 is 1.90 bits per heavy atom. The minimum Gasteiger partial charge on any atom is -0.481 e. The lowest BCUT2D eigenvalue weighted by atomic mass is 9.96. The van der Waals surface area contributed by atoms with Crippen LogP contribution in [0.1, 0.15) is 48.5 Å². The monoisotopic (exact) mass is 425 g/mol. The van der Waals surface area contributed by atoms with Gasteiger partial charge in [-0.05, 0) is 35.6 Å². The number of halogens is 1. The molecular formula is C22H20FN3O3S. The van der Waals surface area contributed by atoms with Crippen molar-refractivity contribution >= 4 is 27.5 Å². The summed E-state index contributed by atoms with van der Waals surface area (Å²) in [5, 5.41) is 17.0. The van der Waals surface area contributed by atoms with Crippen LogP contribution in [0.25, 0.3) is 21.3 Å². The van der Waals surface area contributed by atoms with Crippen molar-refractivity contribution in [2.75, 3.05) is 0 Å². The summed E-state index contributed by atoms with van der Waals surface area (Å²) in [6.07, 6.45) is 0.951. The fourth-order valence-corrected chi connectivity index (χ4v) is 4.21. The molecule has 8 heteroatoms. The summed E-state index contributed by atoms with van der Waals surface area (Å²) in [5.41, 5.74) is 3.17. The van der Waals surface area contributed by atoms with E-state index in [1.165, 1.54) is 16.9 Å². The van der Waals surface area contributed by atoms with Gasteiger partial charge in [0, 0.05) is 5.56 Å². The van der Waals surface area contributed by atoms with Crippen molar-refractivity contribution in [1.29, 1.82) is 0 Å².